The van der Waals surface area contributed by atoms with E-state index in [-0.39, 0.29) is 11.9 Å². The van der Waals surface area contributed by atoms with Gasteiger partial charge in [-0.05, 0) is 66.6 Å². The molecule has 5 rings (SSSR count). The lowest BCUT2D eigenvalue weighted by atomic mass is 10.1. The fourth-order valence-corrected chi connectivity index (χ4v) is 3.82. The molecule has 0 radical (unpaired) electrons. The van der Waals surface area contributed by atoms with Crippen molar-refractivity contribution in [3.63, 3.8) is 0 Å². The van der Waals surface area contributed by atoms with Crippen LogP contribution in [0.4, 0.5) is 17.1 Å². The van der Waals surface area contributed by atoms with Crippen LogP contribution in [-0.2, 0) is 9.59 Å². The maximum Gasteiger partial charge on any atom is 0.258 e. The van der Waals surface area contributed by atoms with Crippen LogP contribution >= 0.6 is 0 Å². The third kappa shape index (κ3) is 4.76. The second-order valence-electron chi connectivity index (χ2n) is 8.21. The molecule has 0 aliphatic carbocycles. The van der Waals surface area contributed by atoms with Gasteiger partial charge in [-0.1, -0.05) is 12.1 Å². The standard InChI is InChI=1S/C27H22N6O3/c1-17-4-7-20(15-23(17)32-27-29-14-12-22(31-27)19-3-2-13-28-16-19)30-26(36)18-5-8-21(9-6-18)33-24(34)10-11-25(33)35/h2-16,22H,1H3,(H,30,36)(H2,29,31,32). The number of aromatic nitrogens is 1. The van der Waals surface area contributed by atoms with Crippen LogP contribution in [0, 0.1) is 6.92 Å². The number of carbonyl (C=O) groups excluding carboxylic acids is 3. The minimum Gasteiger partial charge on any atom is -0.333 e. The summed E-state index contributed by atoms with van der Waals surface area (Å²) in [6.45, 7) is 1.96. The Morgan fingerprint density at radius 3 is 2.53 bits per heavy atom. The van der Waals surface area contributed by atoms with Gasteiger partial charge in [0.05, 0.1) is 5.69 Å². The van der Waals surface area contributed by atoms with Gasteiger partial charge in [0.2, 0.25) is 5.96 Å². The first-order valence-electron chi connectivity index (χ1n) is 11.2. The van der Waals surface area contributed by atoms with E-state index in [0.717, 1.165) is 21.7 Å². The number of imide groups is 1. The Balaban J connectivity index is 1.28. The Labute approximate surface area is 207 Å². The Bertz CT molecular complexity index is 1410. The largest absolute Gasteiger partial charge is 0.333 e. The van der Waals surface area contributed by atoms with Crippen molar-refractivity contribution in [2.75, 3.05) is 15.5 Å². The number of nitrogens with zero attached hydrogens (tertiary/aromatic N) is 3. The predicted molar refractivity (Wildman–Crippen MR) is 138 cm³/mol. The van der Waals surface area contributed by atoms with Crippen LogP contribution in [0.5, 0.6) is 0 Å². The highest BCUT2D eigenvalue weighted by Gasteiger charge is 2.25. The molecule has 3 amide bonds. The van der Waals surface area contributed by atoms with Crippen LogP contribution in [0.2, 0.25) is 0 Å². The molecular weight excluding hydrogens is 456 g/mol. The number of pyridine rings is 1. The Kier molecular flexibility index (Phi) is 6.10. The van der Waals surface area contributed by atoms with Gasteiger partial charge < -0.3 is 16.0 Å². The number of anilines is 3. The van der Waals surface area contributed by atoms with E-state index in [4.69, 9.17) is 4.99 Å². The van der Waals surface area contributed by atoms with Gasteiger partial charge in [-0.2, -0.15) is 0 Å². The Hall–Kier alpha value is -5.05. The van der Waals surface area contributed by atoms with Crippen LogP contribution in [0.1, 0.15) is 27.5 Å². The third-order valence-corrected chi connectivity index (χ3v) is 5.74. The topological polar surface area (TPSA) is 116 Å². The second kappa shape index (κ2) is 9.67. The number of aryl methyl sites for hydroxylation is 1. The molecule has 0 saturated carbocycles. The molecule has 178 valence electrons. The second-order valence-corrected chi connectivity index (χ2v) is 8.21. The van der Waals surface area contributed by atoms with Crippen LogP contribution in [0.15, 0.2) is 96.4 Å². The van der Waals surface area contributed by atoms with E-state index in [0.29, 0.717) is 22.9 Å². The number of guanidine groups is 1. The molecule has 36 heavy (non-hydrogen) atoms. The summed E-state index contributed by atoms with van der Waals surface area (Å²) < 4.78 is 0. The number of benzene rings is 2. The van der Waals surface area contributed by atoms with Gasteiger partial charge in [0.25, 0.3) is 17.7 Å². The van der Waals surface area contributed by atoms with E-state index in [9.17, 15) is 14.4 Å². The van der Waals surface area contributed by atoms with Gasteiger partial charge >= 0.3 is 0 Å². The Morgan fingerprint density at radius 2 is 1.81 bits per heavy atom. The lowest BCUT2D eigenvalue weighted by Gasteiger charge is -2.19. The van der Waals surface area contributed by atoms with Gasteiger partial charge in [0, 0.05) is 47.7 Å². The average Bonchev–Trinajstić information content (AvgIpc) is 3.24. The van der Waals surface area contributed by atoms with Gasteiger partial charge in [0.15, 0.2) is 0 Å². The summed E-state index contributed by atoms with van der Waals surface area (Å²) in [6.07, 6.45) is 9.72. The first-order valence-corrected chi connectivity index (χ1v) is 11.2. The number of amides is 3. The fraction of sp³-hybridized carbons (Fsp3) is 0.0741. The van der Waals surface area contributed by atoms with E-state index >= 15 is 0 Å². The molecule has 1 atom stereocenters. The zero-order valence-electron chi connectivity index (χ0n) is 19.3. The molecule has 0 spiro atoms. The number of nitrogens with one attached hydrogen (secondary N) is 3. The summed E-state index contributed by atoms with van der Waals surface area (Å²) in [6, 6.07) is 15.5. The lowest BCUT2D eigenvalue weighted by Crippen LogP contribution is -2.30. The summed E-state index contributed by atoms with van der Waals surface area (Å²) in [5.41, 5.74) is 4.14. The van der Waals surface area contributed by atoms with Crippen molar-refractivity contribution in [1.82, 2.24) is 10.3 Å². The van der Waals surface area contributed by atoms with E-state index < -0.39 is 11.8 Å². The molecule has 9 nitrogen and oxygen atoms in total. The molecule has 1 unspecified atom stereocenters. The molecule has 2 aliphatic rings. The maximum atomic E-state index is 12.8. The summed E-state index contributed by atoms with van der Waals surface area (Å²) in [4.78, 5) is 46.4. The minimum absolute atomic E-state index is 0.157. The van der Waals surface area contributed by atoms with Crippen molar-refractivity contribution >= 4 is 40.7 Å². The van der Waals surface area contributed by atoms with Crippen molar-refractivity contribution in [1.29, 1.82) is 0 Å². The summed E-state index contributed by atoms with van der Waals surface area (Å²) in [7, 11) is 0. The number of hydrogen-bond acceptors (Lipinski definition) is 7. The van der Waals surface area contributed by atoms with Crippen molar-refractivity contribution in [3.05, 3.63) is 108 Å². The van der Waals surface area contributed by atoms with Crippen molar-refractivity contribution in [2.45, 2.75) is 13.0 Å². The minimum atomic E-state index is -0.406. The highest BCUT2D eigenvalue weighted by molar-refractivity contribution is 6.28. The van der Waals surface area contributed by atoms with E-state index in [2.05, 4.69) is 20.9 Å². The zero-order chi connectivity index (χ0) is 25.1. The molecule has 2 aliphatic heterocycles. The molecule has 2 aromatic carbocycles. The maximum absolute atomic E-state index is 12.8. The van der Waals surface area contributed by atoms with Crippen molar-refractivity contribution in [2.24, 2.45) is 4.99 Å². The average molecular weight is 479 g/mol. The quantitative estimate of drug-likeness (QED) is 0.482. The smallest absolute Gasteiger partial charge is 0.258 e. The summed E-state index contributed by atoms with van der Waals surface area (Å²) in [5.74, 6) is -0.553. The molecule has 0 bridgehead atoms. The van der Waals surface area contributed by atoms with Gasteiger partial charge in [0.1, 0.15) is 6.04 Å². The molecular formula is C27H22N6O3. The molecule has 1 aromatic heterocycles. The number of hydrogen-bond donors (Lipinski definition) is 3. The van der Waals surface area contributed by atoms with E-state index in [1.807, 2.05) is 49.5 Å². The van der Waals surface area contributed by atoms with Crippen LogP contribution in [0.25, 0.3) is 0 Å². The van der Waals surface area contributed by atoms with Gasteiger partial charge in [-0.3, -0.25) is 19.4 Å². The number of carbonyl (C=O) groups is 3. The van der Waals surface area contributed by atoms with Crippen molar-refractivity contribution < 1.29 is 14.4 Å². The molecule has 9 heteroatoms. The van der Waals surface area contributed by atoms with Crippen LogP contribution < -0.4 is 20.9 Å². The SMILES string of the molecule is Cc1ccc(NC(=O)c2ccc(N3C(=O)C=CC3=O)cc2)cc1NC1=NC(c2cccnc2)C=CN1. The highest BCUT2D eigenvalue weighted by atomic mass is 16.2. The summed E-state index contributed by atoms with van der Waals surface area (Å²) in [5, 5.41) is 9.28. The molecule has 0 saturated heterocycles. The molecule has 3 N–H and O–H groups in total. The molecule has 3 heterocycles. The van der Waals surface area contributed by atoms with E-state index in [1.54, 1.807) is 36.7 Å². The molecule has 0 fully saturated rings. The van der Waals surface area contributed by atoms with Crippen LogP contribution in [0.3, 0.4) is 0 Å². The van der Waals surface area contributed by atoms with Crippen molar-refractivity contribution in [3.8, 4) is 0 Å². The van der Waals surface area contributed by atoms with Gasteiger partial charge in [-0.25, -0.2) is 9.89 Å². The predicted octanol–water partition coefficient (Wildman–Crippen LogP) is 3.70. The third-order valence-electron chi connectivity index (χ3n) is 5.74. The van der Waals surface area contributed by atoms with E-state index in [1.165, 1.54) is 12.2 Å². The monoisotopic (exact) mass is 478 g/mol. The Morgan fingerprint density at radius 1 is 1.03 bits per heavy atom. The number of aliphatic imine (C=N–C) groups is 1. The fourth-order valence-electron chi connectivity index (χ4n) is 3.82. The first kappa shape index (κ1) is 22.7. The molecule has 3 aromatic rings. The normalized spacial score (nSPS) is 16.5. The first-order chi connectivity index (χ1) is 17.5. The summed E-state index contributed by atoms with van der Waals surface area (Å²) >= 11 is 0. The zero-order valence-corrected chi connectivity index (χ0v) is 19.3. The van der Waals surface area contributed by atoms with Crippen LogP contribution in [-0.4, -0.2) is 28.7 Å². The highest BCUT2D eigenvalue weighted by Crippen LogP contribution is 2.24. The number of rotatable bonds is 5. The lowest BCUT2D eigenvalue weighted by molar-refractivity contribution is -0.119. The van der Waals surface area contributed by atoms with Gasteiger partial charge in [-0.15, -0.1) is 0 Å².